The van der Waals surface area contributed by atoms with Crippen molar-refractivity contribution in [2.24, 2.45) is 5.92 Å². The Labute approximate surface area is 164 Å². The third-order valence-electron chi connectivity index (χ3n) is 5.11. The summed E-state index contributed by atoms with van der Waals surface area (Å²) in [7, 11) is 1.44. The number of methoxy groups -OCH3 is 1. The van der Waals surface area contributed by atoms with E-state index < -0.39 is 0 Å². The number of aromatic nitrogens is 1. The summed E-state index contributed by atoms with van der Waals surface area (Å²) in [6.45, 7) is 3.21. The first kappa shape index (κ1) is 21.9. The minimum atomic E-state index is -0.250. The van der Waals surface area contributed by atoms with Gasteiger partial charge in [-0.2, -0.15) is 0 Å². The molecule has 3 rings (SSSR count). The molecule has 0 unspecified atom stereocenters. The molecule has 1 amide bonds. The zero-order chi connectivity index (χ0) is 20.5. The number of aryl methyl sites for hydroxylation is 1. The van der Waals surface area contributed by atoms with Gasteiger partial charge in [0.05, 0.1) is 25.6 Å². The molecule has 1 aliphatic carbocycles. The van der Waals surface area contributed by atoms with Crippen molar-refractivity contribution >= 4 is 18.3 Å². The smallest absolute Gasteiger partial charge is 0.307 e. The Morgan fingerprint density at radius 1 is 1.36 bits per heavy atom. The van der Waals surface area contributed by atoms with Gasteiger partial charge in [-0.25, -0.2) is 0 Å². The minimum absolute atomic E-state index is 0.0565. The maximum Gasteiger partial charge on any atom is 0.307 e. The first-order valence-electron chi connectivity index (χ1n) is 9.56. The minimum Gasteiger partial charge on any atom is -0.483 e. The highest BCUT2D eigenvalue weighted by Crippen LogP contribution is 2.35. The van der Waals surface area contributed by atoms with Crippen molar-refractivity contribution in [3.63, 3.8) is 0 Å². The van der Waals surface area contributed by atoms with Crippen molar-refractivity contribution in [2.45, 2.75) is 57.5 Å². The molecule has 9 nitrogen and oxygen atoms in total. The third kappa shape index (κ3) is 6.95. The van der Waals surface area contributed by atoms with Crippen molar-refractivity contribution < 1.29 is 28.8 Å². The lowest BCUT2D eigenvalue weighted by Crippen LogP contribution is -2.45. The number of hydrogen-bond donors (Lipinski definition) is 2. The predicted molar refractivity (Wildman–Crippen MR) is 99.5 cm³/mol. The summed E-state index contributed by atoms with van der Waals surface area (Å²) < 4.78 is 9.92. The van der Waals surface area contributed by atoms with Crippen molar-refractivity contribution in [2.75, 3.05) is 20.2 Å². The number of esters is 1. The fourth-order valence-electron chi connectivity index (χ4n) is 3.58. The van der Waals surface area contributed by atoms with Gasteiger partial charge in [0.1, 0.15) is 5.76 Å². The summed E-state index contributed by atoms with van der Waals surface area (Å²) >= 11 is 0. The summed E-state index contributed by atoms with van der Waals surface area (Å²) in [5.41, 5.74) is 0.778. The van der Waals surface area contributed by atoms with Crippen molar-refractivity contribution in [3.05, 3.63) is 17.5 Å². The first-order chi connectivity index (χ1) is 13.5. The van der Waals surface area contributed by atoms with Gasteiger partial charge in [0.25, 0.3) is 6.47 Å². The van der Waals surface area contributed by atoms with E-state index in [1.165, 1.54) is 20.0 Å². The van der Waals surface area contributed by atoms with Gasteiger partial charge >= 0.3 is 5.97 Å². The van der Waals surface area contributed by atoms with E-state index in [0.29, 0.717) is 18.7 Å². The van der Waals surface area contributed by atoms with Crippen LogP contribution in [0, 0.1) is 12.8 Å². The Morgan fingerprint density at radius 2 is 2.04 bits per heavy atom. The summed E-state index contributed by atoms with van der Waals surface area (Å²) in [6.07, 6.45) is 5.16. The van der Waals surface area contributed by atoms with Crippen LogP contribution in [0.2, 0.25) is 0 Å². The van der Waals surface area contributed by atoms with Crippen LogP contribution < -0.4 is 5.32 Å². The van der Waals surface area contributed by atoms with Crippen LogP contribution in [0.3, 0.4) is 0 Å². The molecule has 1 aromatic heterocycles. The predicted octanol–water partition coefficient (Wildman–Crippen LogP) is 1.15. The van der Waals surface area contributed by atoms with Crippen LogP contribution in [0.15, 0.2) is 10.6 Å². The molecule has 0 spiro atoms. The second-order valence-corrected chi connectivity index (χ2v) is 7.33. The van der Waals surface area contributed by atoms with E-state index in [1.54, 1.807) is 6.07 Å². The summed E-state index contributed by atoms with van der Waals surface area (Å²) in [6, 6.07) is 2.29. The van der Waals surface area contributed by atoms with E-state index in [1.807, 2.05) is 6.92 Å². The highest BCUT2D eigenvalue weighted by atomic mass is 16.5. The fourth-order valence-corrected chi connectivity index (χ4v) is 3.58. The van der Waals surface area contributed by atoms with Crippen molar-refractivity contribution in [1.29, 1.82) is 0 Å². The van der Waals surface area contributed by atoms with Gasteiger partial charge in [-0.3, -0.25) is 19.3 Å². The maximum atomic E-state index is 12.1. The standard InChI is InChI=1S/C18H27N3O4.CH2O2/c1-12-7-16(25-20-12)9-17(22)19-10-15-6-5-14(8-18(23)24-2)21(15)11-13-3-4-13;2-1-3/h7,13-15H,3-6,8-11H2,1-2H3,(H,19,22);1H,(H,2,3)/t14-,15+;/m1./s1. The first-order valence-corrected chi connectivity index (χ1v) is 9.56. The quantitative estimate of drug-likeness (QED) is 0.496. The lowest BCUT2D eigenvalue weighted by molar-refractivity contribution is -0.142. The topological polar surface area (TPSA) is 122 Å². The monoisotopic (exact) mass is 395 g/mol. The molecule has 28 heavy (non-hydrogen) atoms. The zero-order valence-corrected chi connectivity index (χ0v) is 16.4. The van der Waals surface area contributed by atoms with E-state index in [2.05, 4.69) is 15.4 Å². The number of rotatable bonds is 8. The second-order valence-electron chi connectivity index (χ2n) is 7.33. The van der Waals surface area contributed by atoms with Gasteiger partial charge in [0.15, 0.2) is 0 Å². The average Bonchev–Trinajstić information content (AvgIpc) is 3.28. The zero-order valence-electron chi connectivity index (χ0n) is 16.4. The Hall–Kier alpha value is -2.42. The molecule has 1 aliphatic heterocycles. The molecule has 1 saturated carbocycles. The van der Waals surface area contributed by atoms with Crippen LogP contribution in [0.5, 0.6) is 0 Å². The van der Waals surface area contributed by atoms with Crippen LogP contribution in [-0.2, 0) is 25.5 Å². The van der Waals surface area contributed by atoms with Gasteiger partial charge in [-0.1, -0.05) is 5.16 Å². The highest BCUT2D eigenvalue weighted by molar-refractivity contribution is 5.77. The van der Waals surface area contributed by atoms with Gasteiger partial charge in [-0.05, 0) is 38.5 Å². The van der Waals surface area contributed by atoms with E-state index in [-0.39, 0.29) is 36.9 Å². The number of amides is 1. The van der Waals surface area contributed by atoms with E-state index in [0.717, 1.165) is 31.0 Å². The van der Waals surface area contributed by atoms with Crippen LogP contribution in [0.4, 0.5) is 0 Å². The summed E-state index contributed by atoms with van der Waals surface area (Å²) in [5, 5.41) is 13.7. The summed E-state index contributed by atoms with van der Waals surface area (Å²) in [4.78, 5) is 34.6. The van der Waals surface area contributed by atoms with Gasteiger partial charge < -0.3 is 19.7 Å². The molecular weight excluding hydrogens is 366 g/mol. The number of likely N-dealkylation sites (tertiary alicyclic amines) is 1. The van der Waals surface area contributed by atoms with E-state index in [9.17, 15) is 9.59 Å². The molecule has 2 fully saturated rings. The fraction of sp³-hybridized carbons (Fsp3) is 0.684. The SMILES string of the molecule is COC(=O)C[C@H]1CC[C@@H](CNC(=O)Cc2cc(C)no2)N1CC1CC1.O=CO. The molecule has 9 heteroatoms. The van der Waals surface area contributed by atoms with Gasteiger partial charge in [-0.15, -0.1) is 0 Å². The molecule has 0 bridgehead atoms. The van der Waals surface area contributed by atoms with Gasteiger partial charge in [0, 0.05) is 31.2 Å². The molecule has 0 aromatic carbocycles. The molecule has 0 radical (unpaired) electrons. The van der Waals surface area contributed by atoms with Crippen molar-refractivity contribution in [1.82, 2.24) is 15.4 Å². The number of nitrogens with one attached hydrogen (secondary N) is 1. The molecule has 2 N–H and O–H groups in total. The number of ether oxygens (including phenoxy) is 1. The highest BCUT2D eigenvalue weighted by Gasteiger charge is 2.38. The number of carbonyl (C=O) groups excluding carboxylic acids is 2. The van der Waals surface area contributed by atoms with Crippen molar-refractivity contribution in [3.8, 4) is 0 Å². The normalized spacial score (nSPS) is 21.5. The number of carbonyl (C=O) groups is 3. The second kappa shape index (κ2) is 10.8. The average molecular weight is 395 g/mol. The Balaban J connectivity index is 0.000000878. The molecular formula is C19H29N3O6. The maximum absolute atomic E-state index is 12.1. The number of carboxylic acid groups (broad SMARTS) is 1. The molecule has 2 atom stereocenters. The van der Waals surface area contributed by atoms with Gasteiger partial charge in [0.2, 0.25) is 5.91 Å². The molecule has 1 aromatic rings. The largest absolute Gasteiger partial charge is 0.483 e. The summed E-state index contributed by atoms with van der Waals surface area (Å²) in [5.74, 6) is 1.11. The number of nitrogens with zero attached hydrogens (tertiary/aromatic N) is 2. The Morgan fingerprint density at radius 3 is 2.61 bits per heavy atom. The van der Waals surface area contributed by atoms with Crippen LogP contribution in [-0.4, -0.2) is 65.8 Å². The Kier molecular flexibility index (Phi) is 8.43. The van der Waals surface area contributed by atoms with Crippen LogP contribution >= 0.6 is 0 Å². The lowest BCUT2D eigenvalue weighted by atomic mass is 10.1. The molecule has 2 heterocycles. The third-order valence-corrected chi connectivity index (χ3v) is 5.11. The molecule has 156 valence electrons. The van der Waals surface area contributed by atoms with Crippen LogP contribution in [0.25, 0.3) is 0 Å². The van der Waals surface area contributed by atoms with Crippen LogP contribution in [0.1, 0.15) is 43.6 Å². The van der Waals surface area contributed by atoms with E-state index >= 15 is 0 Å². The number of hydrogen-bond acceptors (Lipinski definition) is 7. The lowest BCUT2D eigenvalue weighted by Gasteiger charge is -2.30. The molecule has 1 saturated heterocycles. The van der Waals surface area contributed by atoms with E-state index in [4.69, 9.17) is 19.2 Å². The molecule has 2 aliphatic rings. The Bertz CT molecular complexity index is 658.